The number of carbonyl (C=O) groups is 3. The smallest absolute Gasteiger partial charge is 0.305 e. The van der Waals surface area contributed by atoms with Gasteiger partial charge in [-0.3, -0.25) is 24.5 Å². The Balaban J connectivity index is 1.48. The van der Waals surface area contributed by atoms with Gasteiger partial charge in [-0.15, -0.1) is 0 Å². The number of anilines is 1. The summed E-state index contributed by atoms with van der Waals surface area (Å²) in [5.74, 6) is -1.76. The number of rotatable bonds is 14. The van der Waals surface area contributed by atoms with Gasteiger partial charge in [-0.1, -0.05) is 12.1 Å². The van der Waals surface area contributed by atoms with E-state index >= 15 is 0 Å². The van der Waals surface area contributed by atoms with Crippen LogP contribution in [0.4, 0.5) is 5.69 Å². The lowest BCUT2D eigenvalue weighted by molar-refractivity contribution is -0.138. The van der Waals surface area contributed by atoms with Gasteiger partial charge in [-0.05, 0) is 18.9 Å². The van der Waals surface area contributed by atoms with Gasteiger partial charge in [0.1, 0.15) is 6.04 Å². The van der Waals surface area contributed by atoms with Crippen LogP contribution in [0.3, 0.4) is 0 Å². The van der Waals surface area contributed by atoms with Crippen molar-refractivity contribution in [3.8, 4) is 0 Å². The maximum Gasteiger partial charge on any atom is 0.305 e. The molecule has 3 rings (SSSR count). The summed E-state index contributed by atoms with van der Waals surface area (Å²) >= 11 is 0. The Hall–Kier alpha value is -3.35. The fraction of sp³-hybridized carbons (Fsp3) is 0.522. The predicted molar refractivity (Wildman–Crippen MR) is 125 cm³/mol. The molecular weight excluding hydrogens is 460 g/mol. The molecule has 3 N–H and O–H groups in total. The monoisotopic (exact) mass is 490 g/mol. The van der Waals surface area contributed by atoms with Crippen LogP contribution < -0.4 is 16.2 Å². The normalized spacial score (nSPS) is 16.2. The lowest BCUT2D eigenvalue weighted by atomic mass is 10.1. The number of hydrogen-bond acceptors (Lipinski definition) is 9. The zero-order valence-electron chi connectivity index (χ0n) is 19.4. The number of hydrogen-bond donors (Lipinski definition) is 3. The van der Waals surface area contributed by atoms with Crippen molar-refractivity contribution in [3.63, 3.8) is 0 Å². The van der Waals surface area contributed by atoms with Gasteiger partial charge in [0.15, 0.2) is 0 Å². The summed E-state index contributed by atoms with van der Waals surface area (Å²) in [4.78, 5) is 47.6. The molecule has 190 valence electrons. The number of carboxylic acids is 1. The topological polar surface area (TPSA) is 158 Å². The summed E-state index contributed by atoms with van der Waals surface area (Å²) in [5.41, 5.74) is 0.201. The second kappa shape index (κ2) is 13.5. The van der Waals surface area contributed by atoms with E-state index in [4.69, 9.17) is 19.3 Å². The molecular formula is C23H30N4O8. The molecule has 0 saturated carbocycles. The van der Waals surface area contributed by atoms with E-state index in [-0.39, 0.29) is 25.4 Å². The Morgan fingerprint density at radius 2 is 1.80 bits per heavy atom. The Morgan fingerprint density at radius 3 is 2.54 bits per heavy atom. The van der Waals surface area contributed by atoms with Crippen molar-refractivity contribution in [1.29, 1.82) is 0 Å². The van der Waals surface area contributed by atoms with Gasteiger partial charge < -0.3 is 24.6 Å². The molecule has 1 saturated heterocycles. The average molecular weight is 491 g/mol. The van der Waals surface area contributed by atoms with E-state index in [1.54, 1.807) is 24.4 Å². The summed E-state index contributed by atoms with van der Waals surface area (Å²) in [6.07, 6.45) is 2.60. The highest BCUT2D eigenvalue weighted by Crippen LogP contribution is 2.22. The molecule has 1 fully saturated rings. The van der Waals surface area contributed by atoms with Crippen LogP contribution in [0.15, 0.2) is 29.2 Å². The molecule has 1 aliphatic heterocycles. The summed E-state index contributed by atoms with van der Waals surface area (Å²) in [5, 5.41) is 19.3. The number of ether oxygens (including phenoxy) is 3. The number of carbonyl (C=O) groups excluding carboxylic acids is 2. The Labute approximate surface area is 201 Å². The van der Waals surface area contributed by atoms with E-state index in [9.17, 15) is 19.2 Å². The molecule has 2 amide bonds. The minimum atomic E-state index is -0.900. The molecule has 2 heterocycles. The van der Waals surface area contributed by atoms with Gasteiger partial charge in [0.2, 0.25) is 5.91 Å². The predicted octanol–water partition coefficient (Wildman–Crippen LogP) is 0.701. The van der Waals surface area contributed by atoms with Crippen LogP contribution in [0, 0.1) is 0 Å². The van der Waals surface area contributed by atoms with Crippen molar-refractivity contribution >= 4 is 34.2 Å². The first kappa shape index (κ1) is 26.3. The molecule has 12 nitrogen and oxygen atoms in total. The third kappa shape index (κ3) is 7.84. The molecule has 2 aromatic rings. The van der Waals surface area contributed by atoms with Gasteiger partial charge in [-0.25, -0.2) is 4.68 Å². The number of nitrogens with zero attached hydrogens (tertiary/aromatic N) is 2. The number of aromatic nitrogens is 2. The second-order valence-corrected chi connectivity index (χ2v) is 7.89. The highest BCUT2D eigenvalue weighted by Gasteiger charge is 2.28. The largest absolute Gasteiger partial charge is 0.481 e. The van der Waals surface area contributed by atoms with Crippen molar-refractivity contribution < 1.29 is 33.7 Å². The number of imide groups is 1. The summed E-state index contributed by atoms with van der Waals surface area (Å²) in [6, 6.07) is 4.52. The third-order valence-electron chi connectivity index (χ3n) is 5.35. The van der Waals surface area contributed by atoms with E-state index in [0.29, 0.717) is 68.9 Å². The fourth-order valence-electron chi connectivity index (χ4n) is 3.64. The molecule has 0 bridgehead atoms. The van der Waals surface area contributed by atoms with Crippen molar-refractivity contribution in [1.82, 2.24) is 15.1 Å². The number of fused-ring (bicyclic) bond motifs is 1. The summed E-state index contributed by atoms with van der Waals surface area (Å²) in [7, 11) is 0. The molecule has 0 radical (unpaired) electrons. The minimum absolute atomic E-state index is 0.0336. The summed E-state index contributed by atoms with van der Waals surface area (Å²) in [6.45, 7) is 2.39. The van der Waals surface area contributed by atoms with Crippen molar-refractivity contribution in [3.05, 3.63) is 34.7 Å². The van der Waals surface area contributed by atoms with Gasteiger partial charge >= 0.3 is 5.97 Å². The number of aliphatic carboxylic acids is 1. The zero-order valence-corrected chi connectivity index (χ0v) is 19.4. The van der Waals surface area contributed by atoms with Crippen LogP contribution in [-0.2, 0) is 28.6 Å². The van der Waals surface area contributed by atoms with Crippen LogP contribution in [-0.4, -0.2) is 78.9 Å². The van der Waals surface area contributed by atoms with Gasteiger partial charge in [0.05, 0.1) is 57.6 Å². The molecule has 1 unspecified atom stereocenters. The van der Waals surface area contributed by atoms with E-state index in [2.05, 4.69) is 15.7 Å². The van der Waals surface area contributed by atoms with Crippen LogP contribution in [0.5, 0.6) is 0 Å². The van der Waals surface area contributed by atoms with Gasteiger partial charge in [0, 0.05) is 24.0 Å². The molecule has 0 spiro atoms. The highest BCUT2D eigenvalue weighted by molar-refractivity contribution is 5.98. The molecule has 0 aliphatic carbocycles. The van der Waals surface area contributed by atoms with E-state index in [1.807, 2.05) is 0 Å². The van der Waals surface area contributed by atoms with Crippen molar-refractivity contribution in [2.45, 2.75) is 31.7 Å². The van der Waals surface area contributed by atoms with E-state index < -0.39 is 23.5 Å². The third-order valence-corrected chi connectivity index (χ3v) is 5.35. The molecule has 1 aliphatic rings. The summed E-state index contributed by atoms with van der Waals surface area (Å²) < 4.78 is 17.2. The van der Waals surface area contributed by atoms with Gasteiger partial charge in [-0.2, -0.15) is 5.10 Å². The molecule has 1 aromatic heterocycles. The first-order valence-corrected chi connectivity index (χ1v) is 11.5. The fourth-order valence-corrected chi connectivity index (χ4v) is 3.64. The lowest BCUT2D eigenvalue weighted by Gasteiger charge is -2.16. The van der Waals surface area contributed by atoms with Crippen LogP contribution in [0.25, 0.3) is 10.8 Å². The molecule has 1 aromatic carbocycles. The van der Waals surface area contributed by atoms with Gasteiger partial charge in [0.25, 0.3) is 11.5 Å². The number of nitrogens with one attached hydrogen (secondary N) is 2. The number of benzene rings is 1. The van der Waals surface area contributed by atoms with Crippen molar-refractivity contribution in [2.24, 2.45) is 0 Å². The first-order chi connectivity index (χ1) is 17.0. The molecule has 12 heteroatoms. The highest BCUT2D eigenvalue weighted by atomic mass is 16.5. The SMILES string of the molecule is O=C(O)CCOCCOCCOCCNc1cccc2cnn(C3CCCC(=O)NC3=O)c(=O)c12. The minimum Gasteiger partial charge on any atom is -0.481 e. The quantitative estimate of drug-likeness (QED) is 0.254. The second-order valence-electron chi connectivity index (χ2n) is 7.89. The maximum atomic E-state index is 13.2. The Morgan fingerprint density at radius 1 is 1.09 bits per heavy atom. The van der Waals surface area contributed by atoms with E-state index in [1.165, 1.54) is 0 Å². The lowest BCUT2D eigenvalue weighted by Crippen LogP contribution is -2.39. The Kier molecular flexibility index (Phi) is 10.1. The Bertz CT molecular complexity index is 1090. The first-order valence-electron chi connectivity index (χ1n) is 11.5. The molecule has 35 heavy (non-hydrogen) atoms. The average Bonchev–Trinajstić information content (AvgIpc) is 2.99. The van der Waals surface area contributed by atoms with Crippen LogP contribution in [0.2, 0.25) is 0 Å². The standard InChI is InChI=1S/C23H30N4O8/c28-19-6-2-5-18(22(31)26-19)27-23(32)21-16(15-25-27)3-1-4-17(21)24-8-10-34-12-14-35-13-11-33-9-7-20(29)30/h1,3-4,15,18,24H,2,5-14H2,(H,29,30)(H,26,28,31). The zero-order chi connectivity index (χ0) is 25.0. The molecule has 1 atom stereocenters. The van der Waals surface area contributed by atoms with Crippen LogP contribution in [0.1, 0.15) is 31.7 Å². The maximum absolute atomic E-state index is 13.2. The van der Waals surface area contributed by atoms with E-state index in [0.717, 1.165) is 4.68 Å². The van der Waals surface area contributed by atoms with Crippen LogP contribution >= 0.6 is 0 Å². The number of amides is 2. The van der Waals surface area contributed by atoms with Crippen molar-refractivity contribution in [2.75, 3.05) is 51.5 Å². The number of carboxylic acid groups (broad SMARTS) is 1.